The van der Waals surface area contributed by atoms with Crippen molar-refractivity contribution in [2.24, 2.45) is 0 Å². The second-order valence-corrected chi connectivity index (χ2v) is 6.69. The van der Waals surface area contributed by atoms with Gasteiger partial charge in [0.05, 0.1) is 17.4 Å². The van der Waals surface area contributed by atoms with Gasteiger partial charge in [-0.15, -0.1) is 0 Å². The van der Waals surface area contributed by atoms with Crippen molar-refractivity contribution >= 4 is 16.7 Å². The Morgan fingerprint density at radius 2 is 1.66 bits per heavy atom. The molecular weight excluding hydrogens is 366 g/mol. The molecule has 0 unspecified atom stereocenters. The van der Waals surface area contributed by atoms with Crippen molar-refractivity contribution < 1.29 is 4.79 Å². The second kappa shape index (κ2) is 7.67. The number of Topliss-reactive ketones (excluding diaryl/α,β-unsaturated/α-hetero) is 1. The topological polar surface area (TPSA) is 74.0 Å². The molecule has 2 aromatic heterocycles. The fourth-order valence-electron chi connectivity index (χ4n) is 3.34. The molecule has 0 saturated heterocycles. The van der Waals surface area contributed by atoms with Gasteiger partial charge in [0.1, 0.15) is 5.82 Å². The van der Waals surface area contributed by atoms with Crippen LogP contribution in [0.1, 0.15) is 29.3 Å². The molecule has 0 aliphatic carbocycles. The van der Waals surface area contributed by atoms with E-state index in [0.29, 0.717) is 22.9 Å². The molecule has 6 nitrogen and oxygen atoms in total. The first kappa shape index (κ1) is 18.6. The van der Waals surface area contributed by atoms with Gasteiger partial charge in [-0.25, -0.2) is 14.3 Å². The predicted molar refractivity (Wildman–Crippen MR) is 112 cm³/mol. The summed E-state index contributed by atoms with van der Waals surface area (Å²) in [7, 11) is 0. The zero-order chi connectivity index (χ0) is 20.4. The van der Waals surface area contributed by atoms with Crippen LogP contribution in [-0.2, 0) is 6.54 Å². The fraction of sp³-hybridized carbons (Fsp3) is 0.130. The Kier molecular flexibility index (Phi) is 4.91. The summed E-state index contributed by atoms with van der Waals surface area (Å²) in [5.74, 6) is 0.355. The minimum absolute atomic E-state index is 0.0721. The quantitative estimate of drug-likeness (QED) is 0.495. The molecule has 4 aromatic rings. The summed E-state index contributed by atoms with van der Waals surface area (Å²) in [6.45, 7) is 2.09. The first-order chi connectivity index (χ1) is 14.1. The van der Waals surface area contributed by atoms with Crippen LogP contribution in [0.15, 0.2) is 82.5 Å². The molecule has 29 heavy (non-hydrogen) atoms. The van der Waals surface area contributed by atoms with E-state index in [-0.39, 0.29) is 18.1 Å². The van der Waals surface area contributed by atoms with Gasteiger partial charge in [0.25, 0.3) is 5.56 Å². The molecule has 0 atom stereocenters. The lowest BCUT2D eigenvalue weighted by Gasteiger charge is -2.14. The van der Waals surface area contributed by atoms with Gasteiger partial charge in [-0.2, -0.15) is 0 Å². The first-order valence-electron chi connectivity index (χ1n) is 9.38. The van der Waals surface area contributed by atoms with Crippen LogP contribution in [0.5, 0.6) is 0 Å². The van der Waals surface area contributed by atoms with E-state index in [1.165, 1.54) is 0 Å². The normalized spacial score (nSPS) is 10.9. The lowest BCUT2D eigenvalue weighted by atomic mass is 10.1. The van der Waals surface area contributed by atoms with Crippen LogP contribution in [0, 0.1) is 0 Å². The van der Waals surface area contributed by atoms with Gasteiger partial charge in [0.15, 0.2) is 5.78 Å². The van der Waals surface area contributed by atoms with Crippen molar-refractivity contribution in [3.05, 3.63) is 105 Å². The van der Waals surface area contributed by atoms with Gasteiger partial charge >= 0.3 is 5.69 Å². The number of hydrogen-bond donors (Lipinski definition) is 0. The van der Waals surface area contributed by atoms with E-state index in [1.807, 2.05) is 19.1 Å². The average molecular weight is 385 g/mol. The summed E-state index contributed by atoms with van der Waals surface area (Å²) in [5, 5.41) is 0.440. The number of nitrogens with zero attached hydrogens (tertiary/aromatic N) is 3. The van der Waals surface area contributed by atoms with Crippen LogP contribution in [0.3, 0.4) is 0 Å². The highest BCUT2D eigenvalue weighted by atomic mass is 16.2. The number of benzene rings is 2. The molecule has 0 fully saturated rings. The molecule has 0 N–H and O–H groups in total. The van der Waals surface area contributed by atoms with Crippen molar-refractivity contribution in [2.45, 2.75) is 19.9 Å². The number of aromatic nitrogens is 3. The molecule has 6 heteroatoms. The third-order valence-corrected chi connectivity index (χ3v) is 4.87. The summed E-state index contributed by atoms with van der Waals surface area (Å²) in [6, 6.07) is 19.3. The molecule has 0 bridgehead atoms. The number of fused-ring (bicyclic) bond motifs is 1. The number of ketones is 1. The van der Waals surface area contributed by atoms with E-state index in [2.05, 4.69) is 4.98 Å². The Balaban J connectivity index is 1.89. The lowest BCUT2D eigenvalue weighted by molar-refractivity contribution is 0.0988. The zero-order valence-electron chi connectivity index (χ0n) is 15.9. The van der Waals surface area contributed by atoms with E-state index in [1.54, 1.807) is 65.4 Å². The summed E-state index contributed by atoms with van der Waals surface area (Å²) in [6.07, 6.45) is 1.99. The van der Waals surface area contributed by atoms with E-state index in [0.717, 1.165) is 10.1 Å². The SMILES string of the molecule is CCC(=O)c1ccc(Cn2c(=O)n(-c3ccccn3)c(=O)c3ccccc32)cc1. The van der Waals surface area contributed by atoms with Gasteiger partial charge in [-0.05, 0) is 29.8 Å². The maximum absolute atomic E-state index is 13.3. The Morgan fingerprint density at radius 1 is 0.931 bits per heavy atom. The Labute approximate surface area is 166 Å². The minimum atomic E-state index is -0.457. The Morgan fingerprint density at radius 3 is 2.34 bits per heavy atom. The fourth-order valence-corrected chi connectivity index (χ4v) is 3.34. The number of pyridine rings is 1. The number of carbonyl (C=O) groups excluding carboxylic acids is 1. The molecule has 2 aromatic carbocycles. The van der Waals surface area contributed by atoms with Crippen LogP contribution in [-0.4, -0.2) is 19.9 Å². The van der Waals surface area contributed by atoms with E-state index >= 15 is 0 Å². The predicted octanol–water partition coefficient (Wildman–Crippen LogP) is 3.19. The van der Waals surface area contributed by atoms with E-state index < -0.39 is 11.2 Å². The van der Waals surface area contributed by atoms with Crippen LogP contribution in [0.4, 0.5) is 0 Å². The van der Waals surface area contributed by atoms with Gasteiger partial charge in [0.2, 0.25) is 0 Å². The first-order valence-corrected chi connectivity index (χ1v) is 9.38. The van der Waals surface area contributed by atoms with Crippen molar-refractivity contribution in [1.29, 1.82) is 0 Å². The van der Waals surface area contributed by atoms with Crippen LogP contribution in [0.25, 0.3) is 16.7 Å². The monoisotopic (exact) mass is 385 g/mol. The van der Waals surface area contributed by atoms with Crippen molar-refractivity contribution in [2.75, 3.05) is 0 Å². The Hall–Kier alpha value is -3.80. The minimum Gasteiger partial charge on any atom is -0.294 e. The molecular formula is C23H19N3O3. The zero-order valence-corrected chi connectivity index (χ0v) is 15.9. The molecule has 144 valence electrons. The van der Waals surface area contributed by atoms with Gasteiger partial charge in [-0.3, -0.25) is 14.2 Å². The average Bonchev–Trinajstić information content (AvgIpc) is 2.77. The van der Waals surface area contributed by atoms with E-state index in [4.69, 9.17) is 0 Å². The molecule has 0 amide bonds. The number of carbonyl (C=O) groups is 1. The molecule has 0 aliphatic heterocycles. The highest BCUT2D eigenvalue weighted by Gasteiger charge is 2.15. The largest absolute Gasteiger partial charge is 0.337 e. The summed E-state index contributed by atoms with van der Waals surface area (Å²) in [4.78, 5) is 42.3. The number of hydrogen-bond acceptors (Lipinski definition) is 4. The molecule has 0 aliphatic rings. The van der Waals surface area contributed by atoms with Gasteiger partial charge < -0.3 is 0 Å². The van der Waals surface area contributed by atoms with Gasteiger partial charge in [-0.1, -0.05) is 49.4 Å². The third kappa shape index (κ3) is 3.40. The summed E-state index contributed by atoms with van der Waals surface area (Å²) < 4.78 is 2.65. The smallest absolute Gasteiger partial charge is 0.294 e. The van der Waals surface area contributed by atoms with Crippen LogP contribution >= 0.6 is 0 Å². The number of para-hydroxylation sites is 1. The highest BCUT2D eigenvalue weighted by molar-refractivity contribution is 5.95. The van der Waals surface area contributed by atoms with E-state index in [9.17, 15) is 14.4 Å². The van der Waals surface area contributed by atoms with Gasteiger partial charge in [0, 0.05) is 18.2 Å². The summed E-state index contributed by atoms with van der Waals surface area (Å²) >= 11 is 0. The molecule has 2 heterocycles. The molecule has 0 saturated carbocycles. The maximum atomic E-state index is 13.3. The third-order valence-electron chi connectivity index (χ3n) is 4.87. The summed E-state index contributed by atoms with van der Waals surface area (Å²) in [5.41, 5.74) is 1.21. The number of rotatable bonds is 5. The van der Waals surface area contributed by atoms with Crippen LogP contribution in [0.2, 0.25) is 0 Å². The second-order valence-electron chi connectivity index (χ2n) is 6.69. The molecule has 4 rings (SSSR count). The van der Waals surface area contributed by atoms with Crippen molar-refractivity contribution in [1.82, 2.24) is 14.1 Å². The van der Waals surface area contributed by atoms with Crippen molar-refractivity contribution in [3.8, 4) is 5.82 Å². The highest BCUT2D eigenvalue weighted by Crippen LogP contribution is 2.13. The lowest BCUT2D eigenvalue weighted by Crippen LogP contribution is -2.39. The Bertz CT molecular complexity index is 1300. The van der Waals surface area contributed by atoms with Crippen molar-refractivity contribution in [3.63, 3.8) is 0 Å². The standard InChI is InChI=1S/C23H19N3O3/c1-2-20(27)17-12-10-16(11-13-17)15-25-19-8-4-3-7-18(19)22(28)26(23(25)29)21-9-5-6-14-24-21/h3-14H,2,15H2,1H3. The maximum Gasteiger partial charge on any atom is 0.337 e. The molecule has 0 radical (unpaired) electrons. The van der Waals surface area contributed by atoms with Crippen LogP contribution < -0.4 is 11.2 Å². The molecule has 0 spiro atoms.